The molecule has 0 saturated carbocycles. The zero-order valence-electron chi connectivity index (χ0n) is 17.8. The number of anilines is 2. The number of carbonyl (C=O) groups is 1. The summed E-state index contributed by atoms with van der Waals surface area (Å²) in [6.45, 7) is 0. The third-order valence-corrected chi connectivity index (χ3v) is 8.14. The summed E-state index contributed by atoms with van der Waals surface area (Å²) in [5, 5.41) is 2.65. The van der Waals surface area contributed by atoms with Crippen molar-refractivity contribution < 1.29 is 26.4 Å². The highest BCUT2D eigenvalue weighted by Crippen LogP contribution is 2.31. The first-order valence-electron chi connectivity index (χ1n) is 9.48. The predicted octanol–water partition coefficient (Wildman–Crippen LogP) is 3.96. The van der Waals surface area contributed by atoms with E-state index in [1.54, 1.807) is 6.07 Å². The summed E-state index contributed by atoms with van der Waals surface area (Å²) < 4.78 is 60.8. The van der Waals surface area contributed by atoms with Crippen LogP contribution in [0.5, 0.6) is 5.75 Å². The Hall–Kier alpha value is -2.99. The smallest absolute Gasteiger partial charge is 0.261 e. The zero-order valence-corrected chi connectivity index (χ0v) is 20.9. The molecule has 3 N–H and O–H groups in total. The number of carbonyl (C=O) groups excluding carboxylic acids is 1. The molecule has 0 aliphatic carbocycles. The van der Waals surface area contributed by atoms with Crippen LogP contribution in [-0.4, -0.2) is 36.9 Å². The molecule has 3 aromatic rings. The van der Waals surface area contributed by atoms with Crippen LogP contribution in [0.25, 0.3) is 0 Å². The fourth-order valence-corrected chi connectivity index (χ4v) is 5.43. The van der Waals surface area contributed by atoms with Crippen LogP contribution in [-0.2, 0) is 20.0 Å². The topological polar surface area (TPSA) is 131 Å². The van der Waals surface area contributed by atoms with E-state index < -0.39 is 26.0 Å². The summed E-state index contributed by atoms with van der Waals surface area (Å²) in [4.78, 5) is 11.7. The lowest BCUT2D eigenvalue weighted by Gasteiger charge is -2.13. The molecule has 0 unspecified atom stereocenters. The van der Waals surface area contributed by atoms with Crippen molar-refractivity contribution in [1.29, 1.82) is 0 Å². The van der Waals surface area contributed by atoms with Gasteiger partial charge in [-0.15, -0.1) is 0 Å². The van der Waals surface area contributed by atoms with Gasteiger partial charge in [-0.1, -0.05) is 29.3 Å². The second kappa shape index (κ2) is 10.1. The molecule has 34 heavy (non-hydrogen) atoms. The Bertz CT molecular complexity index is 1440. The highest BCUT2D eigenvalue weighted by molar-refractivity contribution is 7.93. The summed E-state index contributed by atoms with van der Waals surface area (Å²) in [5.74, 6) is -0.309. The third kappa shape index (κ3) is 5.55. The van der Waals surface area contributed by atoms with Gasteiger partial charge in [-0.05, 0) is 54.6 Å². The van der Waals surface area contributed by atoms with Crippen molar-refractivity contribution in [1.82, 2.24) is 5.32 Å². The summed E-state index contributed by atoms with van der Waals surface area (Å²) in [5.41, 5.74) is 0.252. The largest absolute Gasteiger partial charge is 0.496 e. The third-order valence-electron chi connectivity index (χ3n) is 4.57. The van der Waals surface area contributed by atoms with Crippen LogP contribution in [0.1, 0.15) is 10.4 Å². The minimum atomic E-state index is -4.09. The average molecular weight is 544 g/mol. The Morgan fingerprint density at radius 3 is 2.09 bits per heavy atom. The summed E-state index contributed by atoms with van der Waals surface area (Å²) in [6.07, 6.45) is 0. The van der Waals surface area contributed by atoms with Gasteiger partial charge in [-0.3, -0.25) is 14.2 Å². The van der Waals surface area contributed by atoms with Gasteiger partial charge in [0, 0.05) is 12.7 Å². The van der Waals surface area contributed by atoms with Crippen molar-refractivity contribution >= 4 is 60.5 Å². The Kier molecular flexibility index (Phi) is 7.61. The first-order chi connectivity index (χ1) is 16.0. The minimum Gasteiger partial charge on any atom is -0.496 e. The van der Waals surface area contributed by atoms with Crippen molar-refractivity contribution in [3.8, 4) is 5.75 Å². The molecule has 0 spiro atoms. The van der Waals surface area contributed by atoms with E-state index in [1.165, 1.54) is 68.8 Å². The van der Waals surface area contributed by atoms with Crippen molar-refractivity contribution in [2.75, 3.05) is 23.6 Å². The van der Waals surface area contributed by atoms with Gasteiger partial charge in [0.05, 0.1) is 38.2 Å². The molecule has 0 aromatic heterocycles. The van der Waals surface area contributed by atoms with Crippen LogP contribution in [0.3, 0.4) is 0 Å². The molecule has 0 aliphatic rings. The fourth-order valence-electron chi connectivity index (χ4n) is 2.87. The first kappa shape index (κ1) is 25.6. The highest BCUT2D eigenvalue weighted by Gasteiger charge is 2.21. The van der Waals surface area contributed by atoms with Gasteiger partial charge in [0.25, 0.3) is 26.0 Å². The number of ether oxygens (including phenoxy) is 1. The SMILES string of the molecule is CNC(=O)c1cc(S(=O)(=O)Nc2ccc(S(=O)(=O)Nc3cccc(Cl)c3Cl)cc2)ccc1OC. The summed E-state index contributed by atoms with van der Waals surface area (Å²) in [6, 6.07) is 13.4. The Morgan fingerprint density at radius 1 is 0.853 bits per heavy atom. The second-order valence-corrected chi connectivity index (χ2v) is 10.9. The molecule has 3 aromatic carbocycles. The molecule has 0 radical (unpaired) electrons. The molecule has 1 amide bonds. The standard InChI is InChI=1S/C21H19Cl2N3O6S2/c1-24-21(27)16-12-15(10-11-19(16)32-2)34(30,31)25-13-6-8-14(9-7-13)33(28,29)26-18-5-3-4-17(22)20(18)23/h3-12,25-26H,1-2H3,(H,24,27). The van der Waals surface area contributed by atoms with Crippen LogP contribution in [0.2, 0.25) is 10.0 Å². The molecule has 9 nitrogen and oxygen atoms in total. The molecule has 13 heteroatoms. The van der Waals surface area contributed by atoms with Crippen molar-refractivity contribution in [3.05, 3.63) is 76.3 Å². The number of amides is 1. The fraction of sp³-hybridized carbons (Fsp3) is 0.0952. The minimum absolute atomic E-state index is 0.0417. The normalized spacial score (nSPS) is 11.5. The number of methoxy groups -OCH3 is 1. The molecule has 180 valence electrons. The quantitative estimate of drug-likeness (QED) is 0.394. The summed E-state index contributed by atoms with van der Waals surface area (Å²) in [7, 11) is -5.34. The number of halogens is 2. The van der Waals surface area contributed by atoms with Crippen LogP contribution >= 0.6 is 23.2 Å². The molecular formula is C21H19Cl2N3O6S2. The molecule has 0 saturated heterocycles. The number of sulfonamides is 2. The van der Waals surface area contributed by atoms with Crippen LogP contribution < -0.4 is 19.5 Å². The van der Waals surface area contributed by atoms with Gasteiger partial charge in [0.1, 0.15) is 5.75 Å². The van der Waals surface area contributed by atoms with Gasteiger partial charge < -0.3 is 10.1 Å². The van der Waals surface area contributed by atoms with E-state index >= 15 is 0 Å². The van der Waals surface area contributed by atoms with Gasteiger partial charge in [0.2, 0.25) is 0 Å². The van der Waals surface area contributed by atoms with Crippen molar-refractivity contribution in [2.24, 2.45) is 0 Å². The molecule has 0 fully saturated rings. The van der Waals surface area contributed by atoms with E-state index in [1.807, 2.05) is 0 Å². The lowest BCUT2D eigenvalue weighted by molar-refractivity contribution is 0.0960. The molecule has 3 rings (SSSR count). The number of nitrogens with one attached hydrogen (secondary N) is 3. The van der Waals surface area contributed by atoms with Crippen LogP contribution in [0, 0.1) is 0 Å². The van der Waals surface area contributed by atoms with Crippen molar-refractivity contribution in [3.63, 3.8) is 0 Å². The van der Waals surface area contributed by atoms with E-state index in [0.717, 1.165) is 0 Å². The van der Waals surface area contributed by atoms with E-state index in [9.17, 15) is 21.6 Å². The Morgan fingerprint density at radius 2 is 1.47 bits per heavy atom. The monoisotopic (exact) mass is 543 g/mol. The lowest BCUT2D eigenvalue weighted by Crippen LogP contribution is -2.20. The molecule has 0 bridgehead atoms. The Balaban J connectivity index is 1.84. The maximum absolute atomic E-state index is 12.8. The highest BCUT2D eigenvalue weighted by atomic mass is 35.5. The molecule has 0 aliphatic heterocycles. The molecule has 0 heterocycles. The van der Waals surface area contributed by atoms with Gasteiger partial charge >= 0.3 is 0 Å². The second-order valence-electron chi connectivity index (χ2n) is 6.78. The zero-order chi connectivity index (χ0) is 25.1. The number of hydrogen-bond acceptors (Lipinski definition) is 6. The maximum atomic E-state index is 12.8. The van der Waals surface area contributed by atoms with Crippen molar-refractivity contribution in [2.45, 2.75) is 9.79 Å². The van der Waals surface area contributed by atoms with Crippen LogP contribution in [0.15, 0.2) is 70.5 Å². The predicted molar refractivity (Wildman–Crippen MR) is 131 cm³/mol. The van der Waals surface area contributed by atoms with Crippen LogP contribution in [0.4, 0.5) is 11.4 Å². The number of benzene rings is 3. The van der Waals surface area contributed by atoms with E-state index in [4.69, 9.17) is 27.9 Å². The van der Waals surface area contributed by atoms with Gasteiger partial charge in [0.15, 0.2) is 0 Å². The van der Waals surface area contributed by atoms with Gasteiger partial charge in [-0.2, -0.15) is 0 Å². The van der Waals surface area contributed by atoms with E-state index in [2.05, 4.69) is 14.8 Å². The summed E-state index contributed by atoms with van der Waals surface area (Å²) >= 11 is 11.9. The lowest BCUT2D eigenvalue weighted by atomic mass is 10.2. The maximum Gasteiger partial charge on any atom is 0.261 e. The first-order valence-corrected chi connectivity index (χ1v) is 13.2. The van der Waals surface area contributed by atoms with Gasteiger partial charge in [-0.25, -0.2) is 16.8 Å². The average Bonchev–Trinajstić information content (AvgIpc) is 2.81. The van der Waals surface area contributed by atoms with E-state index in [-0.39, 0.29) is 42.5 Å². The number of rotatable bonds is 8. The molecule has 0 atom stereocenters. The molecular weight excluding hydrogens is 525 g/mol. The Labute approximate surface area is 207 Å². The van der Waals surface area contributed by atoms with E-state index in [0.29, 0.717) is 0 Å². The number of hydrogen-bond donors (Lipinski definition) is 3.